The van der Waals surface area contributed by atoms with E-state index >= 15 is 0 Å². The molecule has 1 saturated carbocycles. The summed E-state index contributed by atoms with van der Waals surface area (Å²) in [5.74, 6) is 0.447. The highest BCUT2D eigenvalue weighted by molar-refractivity contribution is 7.18. The summed E-state index contributed by atoms with van der Waals surface area (Å²) in [7, 11) is 0. The van der Waals surface area contributed by atoms with Crippen molar-refractivity contribution < 1.29 is 4.79 Å². The topological polar surface area (TPSA) is 80.9 Å². The fourth-order valence-corrected chi connectivity index (χ4v) is 4.06. The molecule has 1 aromatic carbocycles. The molecule has 0 radical (unpaired) electrons. The Bertz CT molecular complexity index is 856. The summed E-state index contributed by atoms with van der Waals surface area (Å²) in [6, 6.07) is 5.82. The van der Waals surface area contributed by atoms with Crippen LogP contribution in [0, 0.1) is 0 Å². The Labute approximate surface area is 147 Å². The number of anilines is 1. The van der Waals surface area contributed by atoms with Crippen molar-refractivity contribution in [3.8, 4) is 0 Å². The van der Waals surface area contributed by atoms with Crippen molar-refractivity contribution in [1.82, 2.24) is 9.97 Å². The van der Waals surface area contributed by atoms with E-state index < -0.39 is 0 Å². The maximum Gasteiger partial charge on any atom is 0.275 e. The number of amides is 1. The Morgan fingerprint density at radius 3 is 2.87 bits per heavy atom. The van der Waals surface area contributed by atoms with E-state index in [0.717, 1.165) is 20.9 Å². The van der Waals surface area contributed by atoms with Crippen LogP contribution in [-0.4, -0.2) is 15.9 Å². The van der Waals surface area contributed by atoms with E-state index in [9.17, 15) is 4.79 Å². The largest absolute Gasteiger partial charge is 0.325 e. The lowest BCUT2D eigenvalue weighted by Crippen LogP contribution is -2.12. The molecule has 4 rings (SSSR count). The zero-order chi connectivity index (χ0) is 15.1. The lowest BCUT2D eigenvalue weighted by Gasteiger charge is -2.02. The Morgan fingerprint density at radius 1 is 1.35 bits per heavy atom. The van der Waals surface area contributed by atoms with Crippen molar-refractivity contribution in [1.29, 1.82) is 0 Å². The first-order chi connectivity index (χ1) is 10.7. The molecule has 0 bridgehead atoms. The SMILES string of the molecule is Cl.NCc1nc(C(=O)Nc2ccc3nc(C4CC4)sc3c2)cs1. The van der Waals surface area contributed by atoms with Gasteiger partial charge in [-0.15, -0.1) is 35.1 Å². The van der Waals surface area contributed by atoms with E-state index in [4.69, 9.17) is 5.73 Å². The third-order valence-corrected chi connectivity index (χ3v) is 5.60. The van der Waals surface area contributed by atoms with Gasteiger partial charge in [0.1, 0.15) is 10.7 Å². The standard InChI is InChI=1S/C15H14N4OS2.ClH/c16-6-13-18-11(7-21-13)14(20)17-9-3-4-10-12(5-9)22-15(19-10)8-1-2-8;/h3-5,7-8H,1-2,6,16H2,(H,17,20);1H. The Morgan fingerprint density at radius 2 is 2.17 bits per heavy atom. The first-order valence-corrected chi connectivity index (χ1v) is 8.79. The quantitative estimate of drug-likeness (QED) is 0.736. The molecule has 3 N–H and O–H groups in total. The fraction of sp³-hybridized carbons (Fsp3) is 0.267. The molecule has 3 aromatic rings. The minimum absolute atomic E-state index is 0. The number of hydrogen-bond acceptors (Lipinski definition) is 6. The molecule has 1 amide bonds. The zero-order valence-electron chi connectivity index (χ0n) is 12.1. The number of hydrogen-bond donors (Lipinski definition) is 2. The number of nitrogens with two attached hydrogens (primary N) is 1. The van der Waals surface area contributed by atoms with Gasteiger partial charge in [-0.05, 0) is 31.0 Å². The average molecular weight is 367 g/mol. The minimum Gasteiger partial charge on any atom is -0.325 e. The number of nitrogens with zero attached hydrogens (tertiary/aromatic N) is 2. The number of rotatable bonds is 4. The van der Waals surface area contributed by atoms with Gasteiger partial charge in [-0.1, -0.05) is 0 Å². The van der Waals surface area contributed by atoms with Gasteiger partial charge in [0.05, 0.1) is 15.2 Å². The fourth-order valence-electron chi connectivity index (χ4n) is 2.23. The summed E-state index contributed by atoms with van der Waals surface area (Å²) in [5.41, 5.74) is 7.70. The predicted octanol–water partition coefficient (Wildman–Crippen LogP) is 3.76. The number of carbonyl (C=O) groups is 1. The van der Waals surface area contributed by atoms with Crippen LogP contribution >= 0.6 is 35.1 Å². The summed E-state index contributed by atoms with van der Waals surface area (Å²) in [6.07, 6.45) is 2.49. The Kier molecular flexibility index (Phi) is 4.63. The van der Waals surface area contributed by atoms with Crippen molar-refractivity contribution in [2.45, 2.75) is 25.3 Å². The summed E-state index contributed by atoms with van der Waals surface area (Å²) in [6.45, 7) is 0.356. The van der Waals surface area contributed by atoms with Crippen molar-refractivity contribution in [2.75, 3.05) is 5.32 Å². The number of aromatic nitrogens is 2. The normalized spacial score (nSPS) is 13.8. The molecule has 8 heteroatoms. The molecule has 0 saturated heterocycles. The Balaban J connectivity index is 0.00000156. The van der Waals surface area contributed by atoms with E-state index in [-0.39, 0.29) is 18.3 Å². The molecule has 1 aliphatic rings. The molecule has 120 valence electrons. The monoisotopic (exact) mass is 366 g/mol. The number of thiazole rings is 2. The molecule has 0 unspecified atom stereocenters. The molecule has 1 fully saturated rings. The van der Waals surface area contributed by atoms with Crippen LogP contribution in [0.1, 0.15) is 39.3 Å². The van der Waals surface area contributed by atoms with E-state index in [1.807, 2.05) is 18.2 Å². The van der Waals surface area contributed by atoms with Gasteiger partial charge in [0.25, 0.3) is 5.91 Å². The van der Waals surface area contributed by atoms with E-state index in [2.05, 4.69) is 15.3 Å². The first-order valence-electron chi connectivity index (χ1n) is 7.09. The number of fused-ring (bicyclic) bond motifs is 1. The minimum atomic E-state index is -0.206. The third kappa shape index (κ3) is 3.37. The molecule has 23 heavy (non-hydrogen) atoms. The van der Waals surface area contributed by atoms with Gasteiger partial charge in [-0.2, -0.15) is 0 Å². The maximum absolute atomic E-state index is 12.2. The molecule has 0 aliphatic heterocycles. The summed E-state index contributed by atoms with van der Waals surface area (Å²) >= 11 is 3.12. The van der Waals surface area contributed by atoms with Gasteiger partial charge >= 0.3 is 0 Å². The smallest absolute Gasteiger partial charge is 0.275 e. The molecule has 0 atom stereocenters. The van der Waals surface area contributed by atoms with Crippen LogP contribution in [0.25, 0.3) is 10.2 Å². The van der Waals surface area contributed by atoms with Gasteiger partial charge in [0.15, 0.2) is 0 Å². The van der Waals surface area contributed by atoms with E-state index in [0.29, 0.717) is 18.2 Å². The second kappa shape index (κ2) is 6.52. The van der Waals surface area contributed by atoms with Crippen LogP contribution in [0.5, 0.6) is 0 Å². The van der Waals surface area contributed by atoms with Crippen molar-refractivity contribution in [2.24, 2.45) is 5.73 Å². The van der Waals surface area contributed by atoms with Gasteiger partial charge in [0.2, 0.25) is 0 Å². The van der Waals surface area contributed by atoms with Crippen LogP contribution in [0.2, 0.25) is 0 Å². The van der Waals surface area contributed by atoms with Gasteiger partial charge in [-0.25, -0.2) is 9.97 Å². The molecule has 5 nitrogen and oxygen atoms in total. The van der Waals surface area contributed by atoms with Crippen LogP contribution < -0.4 is 11.1 Å². The second-order valence-corrected chi connectivity index (χ2v) is 7.30. The van der Waals surface area contributed by atoms with Gasteiger partial charge in [0, 0.05) is 23.5 Å². The van der Waals surface area contributed by atoms with E-state index in [1.54, 1.807) is 16.7 Å². The summed E-state index contributed by atoms with van der Waals surface area (Å²) in [4.78, 5) is 21.0. The lowest BCUT2D eigenvalue weighted by atomic mass is 10.3. The molecule has 1 aliphatic carbocycles. The van der Waals surface area contributed by atoms with Gasteiger partial charge < -0.3 is 11.1 Å². The highest BCUT2D eigenvalue weighted by Gasteiger charge is 2.27. The van der Waals surface area contributed by atoms with Crippen LogP contribution in [-0.2, 0) is 6.54 Å². The van der Waals surface area contributed by atoms with Crippen molar-refractivity contribution in [3.63, 3.8) is 0 Å². The molecular weight excluding hydrogens is 352 g/mol. The van der Waals surface area contributed by atoms with Crippen molar-refractivity contribution in [3.05, 3.63) is 39.3 Å². The summed E-state index contributed by atoms with van der Waals surface area (Å²) < 4.78 is 1.11. The predicted molar refractivity (Wildman–Crippen MR) is 96.8 cm³/mol. The number of nitrogens with one attached hydrogen (secondary N) is 1. The molecular formula is C15H15ClN4OS2. The Hall–Kier alpha value is -1.54. The molecule has 0 spiro atoms. The third-order valence-electron chi connectivity index (χ3n) is 3.55. The number of carbonyl (C=O) groups excluding carboxylic acids is 1. The highest BCUT2D eigenvalue weighted by Crippen LogP contribution is 2.43. The second-order valence-electron chi connectivity index (χ2n) is 5.29. The van der Waals surface area contributed by atoms with Crippen LogP contribution in [0.4, 0.5) is 5.69 Å². The number of benzene rings is 1. The molecule has 2 heterocycles. The lowest BCUT2D eigenvalue weighted by molar-refractivity contribution is 0.102. The highest BCUT2D eigenvalue weighted by atomic mass is 35.5. The summed E-state index contributed by atoms with van der Waals surface area (Å²) in [5, 5.41) is 6.59. The van der Waals surface area contributed by atoms with Gasteiger partial charge in [-0.3, -0.25) is 4.79 Å². The van der Waals surface area contributed by atoms with Crippen molar-refractivity contribution >= 4 is 56.9 Å². The van der Waals surface area contributed by atoms with Crippen LogP contribution in [0.3, 0.4) is 0 Å². The average Bonchev–Trinajstić information content (AvgIpc) is 3.11. The van der Waals surface area contributed by atoms with E-state index in [1.165, 1.54) is 29.2 Å². The zero-order valence-corrected chi connectivity index (χ0v) is 14.6. The molecule has 2 aromatic heterocycles. The maximum atomic E-state index is 12.2. The number of halogens is 1. The van der Waals surface area contributed by atoms with Crippen LogP contribution in [0.15, 0.2) is 23.6 Å². The first kappa shape index (κ1) is 16.3.